The van der Waals surface area contributed by atoms with Crippen molar-refractivity contribution in [2.45, 2.75) is 39.5 Å². The number of para-hydroxylation sites is 2. The van der Waals surface area contributed by atoms with Crippen molar-refractivity contribution in [3.8, 4) is 11.5 Å². The maximum absolute atomic E-state index is 12.6. The number of benzene rings is 2. The number of carbonyl (C=O) groups is 1. The standard InChI is InChI=1S/C19H20F4N2O3/c1-3-13(12-8-4-5-9-14(12)27-17(20)21)24-19(26)25-16-11(2)7-6-10-15(16)28-18(22)23/h4-10,13,17-18H,3H2,1-2H3,(H2,24,25,26). The van der Waals surface area contributed by atoms with Crippen molar-refractivity contribution in [1.82, 2.24) is 5.32 Å². The zero-order valence-electron chi connectivity index (χ0n) is 15.2. The Labute approximate surface area is 159 Å². The molecule has 0 spiro atoms. The first-order valence-corrected chi connectivity index (χ1v) is 8.47. The molecule has 0 radical (unpaired) electrons. The van der Waals surface area contributed by atoms with Gasteiger partial charge in [0.1, 0.15) is 11.5 Å². The van der Waals surface area contributed by atoms with Crippen LogP contribution in [0.4, 0.5) is 28.0 Å². The summed E-state index contributed by atoms with van der Waals surface area (Å²) in [5.41, 5.74) is 0.976. The average Bonchev–Trinajstić information content (AvgIpc) is 2.62. The number of nitrogens with one attached hydrogen (secondary N) is 2. The van der Waals surface area contributed by atoms with Gasteiger partial charge >= 0.3 is 19.3 Å². The fourth-order valence-corrected chi connectivity index (χ4v) is 2.67. The molecule has 0 heterocycles. The lowest BCUT2D eigenvalue weighted by molar-refractivity contribution is -0.0510. The van der Waals surface area contributed by atoms with Gasteiger partial charge in [0.2, 0.25) is 0 Å². The van der Waals surface area contributed by atoms with Gasteiger partial charge in [-0.15, -0.1) is 0 Å². The molecule has 5 nitrogen and oxygen atoms in total. The summed E-state index contributed by atoms with van der Waals surface area (Å²) in [7, 11) is 0. The molecular weight excluding hydrogens is 380 g/mol. The molecular formula is C19H20F4N2O3. The van der Waals surface area contributed by atoms with E-state index in [2.05, 4.69) is 20.1 Å². The van der Waals surface area contributed by atoms with Crippen LogP contribution in [0.2, 0.25) is 0 Å². The average molecular weight is 400 g/mol. The zero-order chi connectivity index (χ0) is 20.7. The second-order valence-electron chi connectivity index (χ2n) is 5.80. The van der Waals surface area contributed by atoms with Crippen LogP contribution in [-0.2, 0) is 0 Å². The molecule has 2 aromatic rings. The number of rotatable bonds is 8. The minimum atomic E-state index is -3.05. The number of ether oxygens (including phenoxy) is 2. The highest BCUT2D eigenvalue weighted by Gasteiger charge is 2.20. The fraction of sp³-hybridized carbons (Fsp3) is 0.316. The first-order chi connectivity index (χ1) is 13.3. The smallest absolute Gasteiger partial charge is 0.387 e. The molecule has 0 saturated carbocycles. The van der Waals surface area contributed by atoms with Crippen molar-refractivity contribution >= 4 is 11.7 Å². The van der Waals surface area contributed by atoms with Crippen molar-refractivity contribution in [1.29, 1.82) is 0 Å². The van der Waals surface area contributed by atoms with Gasteiger partial charge in [0, 0.05) is 5.56 Å². The lowest BCUT2D eigenvalue weighted by Crippen LogP contribution is -2.33. The second kappa shape index (κ2) is 9.82. The Bertz CT molecular complexity index is 802. The van der Waals surface area contributed by atoms with Gasteiger partial charge in [-0.1, -0.05) is 37.3 Å². The summed E-state index contributed by atoms with van der Waals surface area (Å²) in [6.45, 7) is -2.68. The molecule has 0 aliphatic rings. The Kier molecular flexibility index (Phi) is 7.48. The van der Waals surface area contributed by atoms with Crippen LogP contribution in [0.5, 0.6) is 11.5 Å². The third kappa shape index (κ3) is 5.77. The Morgan fingerprint density at radius 3 is 2.21 bits per heavy atom. The van der Waals surface area contributed by atoms with Crippen LogP contribution in [0, 0.1) is 6.92 Å². The van der Waals surface area contributed by atoms with Crippen LogP contribution in [0.15, 0.2) is 42.5 Å². The predicted molar refractivity (Wildman–Crippen MR) is 96.1 cm³/mol. The van der Waals surface area contributed by atoms with E-state index < -0.39 is 25.3 Å². The van der Waals surface area contributed by atoms with Gasteiger partial charge in [0.15, 0.2) is 0 Å². The van der Waals surface area contributed by atoms with Gasteiger partial charge in [-0.25, -0.2) is 4.79 Å². The molecule has 0 aliphatic heterocycles. The molecule has 2 N–H and O–H groups in total. The topological polar surface area (TPSA) is 59.6 Å². The minimum absolute atomic E-state index is 0.0535. The summed E-state index contributed by atoms with van der Waals surface area (Å²) in [5, 5.41) is 5.12. The maximum Gasteiger partial charge on any atom is 0.387 e. The molecule has 2 amide bonds. The number of hydrogen-bond acceptors (Lipinski definition) is 3. The monoisotopic (exact) mass is 400 g/mol. The normalized spacial score (nSPS) is 12.0. The van der Waals surface area contributed by atoms with Crippen molar-refractivity contribution in [2.75, 3.05) is 5.32 Å². The van der Waals surface area contributed by atoms with Crippen LogP contribution in [-0.4, -0.2) is 19.3 Å². The number of anilines is 1. The fourth-order valence-electron chi connectivity index (χ4n) is 2.67. The van der Waals surface area contributed by atoms with Gasteiger partial charge in [-0.05, 0) is 31.0 Å². The molecule has 0 aromatic heterocycles. The number of hydrogen-bond donors (Lipinski definition) is 2. The Morgan fingerprint density at radius 1 is 0.964 bits per heavy atom. The van der Waals surface area contributed by atoms with Crippen molar-refractivity contribution in [3.05, 3.63) is 53.6 Å². The van der Waals surface area contributed by atoms with Crippen molar-refractivity contribution in [3.63, 3.8) is 0 Å². The van der Waals surface area contributed by atoms with Gasteiger partial charge in [-0.3, -0.25) is 0 Å². The molecule has 0 bridgehead atoms. The molecule has 0 saturated heterocycles. The number of amides is 2. The highest BCUT2D eigenvalue weighted by molar-refractivity contribution is 5.92. The molecule has 0 fully saturated rings. The highest BCUT2D eigenvalue weighted by Crippen LogP contribution is 2.31. The van der Waals surface area contributed by atoms with Gasteiger partial charge in [0.25, 0.3) is 0 Å². The Balaban J connectivity index is 2.19. The van der Waals surface area contributed by atoms with E-state index in [0.717, 1.165) is 0 Å². The third-order valence-corrected chi connectivity index (χ3v) is 3.91. The van der Waals surface area contributed by atoms with E-state index in [9.17, 15) is 22.4 Å². The van der Waals surface area contributed by atoms with E-state index >= 15 is 0 Å². The van der Waals surface area contributed by atoms with Crippen LogP contribution in [0.25, 0.3) is 0 Å². The molecule has 152 valence electrons. The van der Waals surface area contributed by atoms with E-state index in [4.69, 9.17) is 0 Å². The number of carbonyl (C=O) groups excluding carboxylic acids is 1. The van der Waals surface area contributed by atoms with E-state index in [1.165, 1.54) is 24.3 Å². The number of halogens is 4. The van der Waals surface area contributed by atoms with Crippen LogP contribution in [0.3, 0.4) is 0 Å². The molecule has 2 rings (SSSR count). The largest absolute Gasteiger partial charge is 0.434 e. The number of urea groups is 1. The first kappa shape index (κ1) is 21.3. The summed E-state index contributed by atoms with van der Waals surface area (Å²) in [6, 6.07) is 9.20. The zero-order valence-corrected chi connectivity index (χ0v) is 15.2. The minimum Gasteiger partial charge on any atom is -0.434 e. The van der Waals surface area contributed by atoms with Crippen molar-refractivity contribution < 1.29 is 31.8 Å². The Hall–Kier alpha value is -2.97. The SMILES string of the molecule is CCC(NC(=O)Nc1c(C)cccc1OC(F)F)c1ccccc1OC(F)F. The second-order valence-corrected chi connectivity index (χ2v) is 5.80. The molecule has 9 heteroatoms. The van der Waals surface area contributed by atoms with E-state index in [1.807, 2.05) is 0 Å². The summed E-state index contributed by atoms with van der Waals surface area (Å²) < 4.78 is 59.3. The summed E-state index contributed by atoms with van der Waals surface area (Å²) in [5.74, 6) is -0.234. The molecule has 1 unspecified atom stereocenters. The maximum atomic E-state index is 12.6. The summed E-state index contributed by atoms with van der Waals surface area (Å²) in [6.07, 6.45) is 0.380. The Morgan fingerprint density at radius 2 is 1.57 bits per heavy atom. The molecule has 0 aliphatic carbocycles. The number of alkyl halides is 4. The predicted octanol–water partition coefficient (Wildman–Crippen LogP) is 5.47. The lowest BCUT2D eigenvalue weighted by Gasteiger charge is -2.21. The van der Waals surface area contributed by atoms with E-state index in [-0.39, 0.29) is 17.2 Å². The first-order valence-electron chi connectivity index (χ1n) is 8.47. The van der Waals surface area contributed by atoms with E-state index in [0.29, 0.717) is 17.5 Å². The number of aryl methyl sites for hydroxylation is 1. The quantitative estimate of drug-likeness (QED) is 0.578. The van der Waals surface area contributed by atoms with Crippen molar-refractivity contribution in [2.24, 2.45) is 0 Å². The van der Waals surface area contributed by atoms with Crippen LogP contribution >= 0.6 is 0 Å². The van der Waals surface area contributed by atoms with Gasteiger partial charge < -0.3 is 20.1 Å². The lowest BCUT2D eigenvalue weighted by atomic mass is 10.0. The van der Waals surface area contributed by atoms with Crippen LogP contribution < -0.4 is 20.1 Å². The molecule has 2 aromatic carbocycles. The van der Waals surface area contributed by atoms with Crippen LogP contribution in [0.1, 0.15) is 30.5 Å². The van der Waals surface area contributed by atoms with Gasteiger partial charge in [-0.2, -0.15) is 17.6 Å². The summed E-state index contributed by atoms with van der Waals surface area (Å²) in [4.78, 5) is 12.4. The molecule has 1 atom stereocenters. The molecule has 28 heavy (non-hydrogen) atoms. The highest BCUT2D eigenvalue weighted by atomic mass is 19.3. The van der Waals surface area contributed by atoms with Gasteiger partial charge in [0.05, 0.1) is 11.7 Å². The van der Waals surface area contributed by atoms with E-state index in [1.54, 1.807) is 32.0 Å². The summed E-state index contributed by atoms with van der Waals surface area (Å²) >= 11 is 0. The third-order valence-electron chi connectivity index (χ3n) is 3.91.